The molecule has 1 fully saturated rings. The molecule has 5 heteroatoms. The van der Waals surface area contributed by atoms with Crippen molar-refractivity contribution in [1.82, 2.24) is 20.2 Å². The lowest BCUT2D eigenvalue weighted by molar-refractivity contribution is 0.0841. The molecule has 0 aromatic carbocycles. The van der Waals surface area contributed by atoms with Gasteiger partial charge in [-0.05, 0) is 39.8 Å². The molecule has 0 unspecified atom stereocenters. The van der Waals surface area contributed by atoms with E-state index in [1.54, 1.807) is 12.3 Å². The number of amides is 1. The summed E-state index contributed by atoms with van der Waals surface area (Å²) in [6, 6.07) is 1.79. The van der Waals surface area contributed by atoms with Crippen molar-refractivity contribution in [2.24, 2.45) is 0 Å². The van der Waals surface area contributed by atoms with Crippen LogP contribution in [-0.2, 0) is 0 Å². The first-order chi connectivity index (χ1) is 9.48. The summed E-state index contributed by atoms with van der Waals surface area (Å²) in [5.41, 5.74) is 0.667. The third kappa shape index (κ3) is 4.56. The van der Waals surface area contributed by atoms with Gasteiger partial charge in [0.05, 0.1) is 0 Å². The first-order valence-electron chi connectivity index (χ1n) is 7.29. The molecule has 0 atom stereocenters. The molecule has 2 rings (SSSR count). The second-order valence-corrected chi connectivity index (χ2v) is 5.34. The molecule has 1 saturated heterocycles. The average Bonchev–Trinajstić information content (AvgIpc) is 2.45. The van der Waals surface area contributed by atoms with Gasteiger partial charge in [0.25, 0.3) is 5.91 Å². The molecule has 0 spiro atoms. The van der Waals surface area contributed by atoms with E-state index in [0.717, 1.165) is 31.6 Å². The molecule has 1 aliphatic heterocycles. The second kappa shape index (κ2) is 7.33. The molecule has 1 N–H and O–H groups in total. The highest BCUT2D eigenvalue weighted by Crippen LogP contribution is 2.20. The van der Waals surface area contributed by atoms with Crippen LogP contribution in [-0.4, -0.2) is 46.5 Å². The van der Waals surface area contributed by atoms with Crippen molar-refractivity contribution in [1.29, 1.82) is 0 Å². The topological polar surface area (TPSA) is 58.1 Å². The van der Waals surface area contributed by atoms with Gasteiger partial charge in [0, 0.05) is 30.5 Å². The number of hydrogen-bond donors (Lipinski definition) is 1. The van der Waals surface area contributed by atoms with Crippen LogP contribution in [0.5, 0.6) is 0 Å². The second-order valence-electron chi connectivity index (χ2n) is 5.34. The van der Waals surface area contributed by atoms with Gasteiger partial charge >= 0.3 is 0 Å². The molecule has 1 aromatic heterocycles. The predicted molar refractivity (Wildman–Crippen MR) is 80.7 cm³/mol. The number of rotatable bonds is 2. The number of hydrogen-bond acceptors (Lipinski definition) is 4. The zero-order valence-electron chi connectivity index (χ0n) is 13.2. The van der Waals surface area contributed by atoms with Crippen molar-refractivity contribution in [3.8, 4) is 0 Å². The van der Waals surface area contributed by atoms with Crippen molar-refractivity contribution in [3.63, 3.8) is 0 Å². The minimum atomic E-state index is -0.175. The molecule has 20 heavy (non-hydrogen) atoms. The predicted octanol–water partition coefficient (Wildman–Crippen LogP) is 2.03. The highest BCUT2D eigenvalue weighted by atomic mass is 16.2. The minimum Gasteiger partial charge on any atom is -0.344 e. The summed E-state index contributed by atoms with van der Waals surface area (Å²) in [7, 11) is 2.10. The van der Waals surface area contributed by atoms with Gasteiger partial charge in [-0.1, -0.05) is 13.8 Å². The number of aromatic nitrogens is 2. The average molecular weight is 278 g/mol. The number of nitrogens with one attached hydrogen (secondary N) is 1. The number of carbonyl (C=O) groups is 1. The third-order valence-corrected chi connectivity index (χ3v) is 3.50. The molecule has 1 aliphatic rings. The zero-order valence-corrected chi connectivity index (χ0v) is 13.2. The van der Waals surface area contributed by atoms with Gasteiger partial charge in [0.15, 0.2) is 0 Å². The molecule has 1 aromatic rings. The quantitative estimate of drug-likeness (QED) is 0.899. The first kappa shape index (κ1) is 16.6. The molecular weight excluding hydrogens is 252 g/mol. The lowest BCUT2D eigenvalue weighted by Crippen LogP contribution is -2.52. The van der Waals surface area contributed by atoms with Crippen molar-refractivity contribution in [2.45, 2.75) is 46.1 Å². The van der Waals surface area contributed by atoms with Gasteiger partial charge in [0.2, 0.25) is 5.82 Å². The lowest BCUT2D eigenvalue weighted by atomic mass is 9.90. The maximum Gasteiger partial charge on any atom is 0.289 e. The van der Waals surface area contributed by atoms with E-state index in [0.29, 0.717) is 0 Å². The molecule has 2 heterocycles. The molecule has 5 nitrogen and oxygen atoms in total. The first-order valence-corrected chi connectivity index (χ1v) is 7.29. The van der Waals surface area contributed by atoms with Crippen LogP contribution in [0.15, 0.2) is 12.3 Å². The van der Waals surface area contributed by atoms with Crippen LogP contribution in [0, 0.1) is 6.92 Å². The van der Waals surface area contributed by atoms with Crippen LogP contribution in [0.3, 0.4) is 0 Å². The zero-order chi connectivity index (χ0) is 15.2. The Morgan fingerprint density at radius 1 is 1.35 bits per heavy atom. The molecule has 0 bridgehead atoms. The summed E-state index contributed by atoms with van der Waals surface area (Å²) in [6.45, 7) is 9.96. The summed E-state index contributed by atoms with van der Waals surface area (Å²) < 4.78 is 0. The largest absolute Gasteiger partial charge is 0.344 e. The Balaban J connectivity index is 0.000000956. The number of carbonyl (C=O) groups excluding carboxylic acids is 1. The van der Waals surface area contributed by atoms with Crippen molar-refractivity contribution in [2.75, 3.05) is 20.1 Å². The van der Waals surface area contributed by atoms with Gasteiger partial charge in [0.1, 0.15) is 0 Å². The highest BCUT2D eigenvalue weighted by molar-refractivity contribution is 5.90. The van der Waals surface area contributed by atoms with E-state index in [2.05, 4.69) is 34.2 Å². The maximum atomic E-state index is 12.1. The summed E-state index contributed by atoms with van der Waals surface area (Å²) in [6.07, 6.45) is 3.54. The number of likely N-dealkylation sites (tertiary alicyclic amines) is 1. The molecule has 0 saturated carbocycles. The fraction of sp³-hybridized carbons (Fsp3) is 0.667. The standard InChI is InChI=1S/C13H20N4O.C2H6/c1-10-4-7-14-11(15-10)12(18)16-13(2)5-8-17(3)9-6-13;1-2/h4,7H,5-6,8-9H2,1-3H3,(H,16,18);1-2H3. The smallest absolute Gasteiger partial charge is 0.289 e. The van der Waals surface area contributed by atoms with Gasteiger partial charge < -0.3 is 10.2 Å². The Labute approximate surface area is 121 Å². The summed E-state index contributed by atoms with van der Waals surface area (Å²) in [5, 5.41) is 3.07. The fourth-order valence-corrected chi connectivity index (χ4v) is 2.13. The lowest BCUT2D eigenvalue weighted by Gasteiger charge is -2.38. The third-order valence-electron chi connectivity index (χ3n) is 3.50. The van der Waals surface area contributed by atoms with Crippen LogP contribution in [0.4, 0.5) is 0 Å². The van der Waals surface area contributed by atoms with E-state index >= 15 is 0 Å². The number of aryl methyl sites for hydroxylation is 1. The molecule has 112 valence electrons. The normalized spacial score (nSPS) is 17.9. The Kier molecular flexibility index (Phi) is 6.07. The summed E-state index contributed by atoms with van der Waals surface area (Å²) in [4.78, 5) is 22.5. The Hall–Kier alpha value is -1.49. The van der Waals surface area contributed by atoms with E-state index in [1.165, 1.54) is 0 Å². The van der Waals surface area contributed by atoms with E-state index in [-0.39, 0.29) is 17.3 Å². The van der Waals surface area contributed by atoms with Crippen LogP contribution < -0.4 is 5.32 Å². The van der Waals surface area contributed by atoms with Crippen LogP contribution in [0.25, 0.3) is 0 Å². The van der Waals surface area contributed by atoms with Gasteiger partial charge in [-0.3, -0.25) is 4.79 Å². The van der Waals surface area contributed by atoms with E-state index in [9.17, 15) is 4.79 Å². The SMILES string of the molecule is CC.Cc1ccnc(C(=O)NC2(C)CCN(C)CC2)n1. The molecular formula is C15H26N4O. The van der Waals surface area contributed by atoms with Crippen molar-refractivity contribution >= 4 is 5.91 Å². The van der Waals surface area contributed by atoms with Crippen LogP contribution in [0.1, 0.15) is 49.9 Å². The Bertz CT molecular complexity index is 439. The monoisotopic (exact) mass is 278 g/mol. The summed E-state index contributed by atoms with van der Waals surface area (Å²) >= 11 is 0. The Morgan fingerprint density at radius 2 is 1.95 bits per heavy atom. The fourth-order valence-electron chi connectivity index (χ4n) is 2.13. The molecule has 0 radical (unpaired) electrons. The highest BCUT2D eigenvalue weighted by Gasteiger charge is 2.31. The van der Waals surface area contributed by atoms with Gasteiger partial charge in [-0.2, -0.15) is 0 Å². The van der Waals surface area contributed by atoms with Gasteiger partial charge in [-0.25, -0.2) is 9.97 Å². The van der Waals surface area contributed by atoms with Crippen LogP contribution in [0.2, 0.25) is 0 Å². The maximum absolute atomic E-state index is 12.1. The number of piperidine rings is 1. The van der Waals surface area contributed by atoms with Crippen molar-refractivity contribution in [3.05, 3.63) is 23.8 Å². The van der Waals surface area contributed by atoms with Crippen LogP contribution >= 0.6 is 0 Å². The van der Waals surface area contributed by atoms with E-state index in [4.69, 9.17) is 0 Å². The Morgan fingerprint density at radius 3 is 2.50 bits per heavy atom. The molecule has 0 aliphatic carbocycles. The van der Waals surface area contributed by atoms with E-state index < -0.39 is 0 Å². The minimum absolute atomic E-state index is 0.142. The van der Waals surface area contributed by atoms with E-state index in [1.807, 2.05) is 20.8 Å². The number of nitrogens with zero attached hydrogens (tertiary/aromatic N) is 3. The van der Waals surface area contributed by atoms with Crippen molar-refractivity contribution < 1.29 is 4.79 Å². The molecule has 1 amide bonds. The van der Waals surface area contributed by atoms with Gasteiger partial charge in [-0.15, -0.1) is 0 Å². The summed E-state index contributed by atoms with van der Waals surface area (Å²) in [5.74, 6) is 0.0842.